The predicted octanol–water partition coefficient (Wildman–Crippen LogP) is 0.800. The summed E-state index contributed by atoms with van der Waals surface area (Å²) in [6.07, 6.45) is 2.52. The highest BCUT2D eigenvalue weighted by molar-refractivity contribution is 6.67. The summed E-state index contributed by atoms with van der Waals surface area (Å²) in [5.74, 6) is -0.617. The van der Waals surface area contributed by atoms with Gasteiger partial charge < -0.3 is 5.73 Å². The molecule has 0 rings (SSSR count). The normalized spacial score (nSPS) is 9.70. The maximum absolute atomic E-state index is 10.3. The Kier molecular flexibility index (Phi) is 3.43. The van der Waals surface area contributed by atoms with Crippen molar-refractivity contribution in [2.24, 2.45) is 5.73 Å². The monoisotopic (exact) mass is 158 g/mol. The molecule has 3 nitrogen and oxygen atoms in total. The maximum Gasteiger partial charge on any atom is 0.248 e. The Hall–Kier alpha value is -1.09. The minimum absolute atomic E-state index is 0.130. The fourth-order valence-corrected chi connectivity index (χ4v) is 0.319. The third kappa shape index (κ3) is 3.86. The van der Waals surface area contributed by atoms with Crippen molar-refractivity contribution in [1.82, 2.24) is 0 Å². The van der Waals surface area contributed by atoms with Crippen LogP contribution in [0.1, 0.15) is 0 Å². The van der Waals surface area contributed by atoms with Gasteiger partial charge in [0.2, 0.25) is 5.91 Å². The third-order valence-corrected chi connectivity index (χ3v) is 0.873. The van der Waals surface area contributed by atoms with Gasteiger partial charge in [-0.2, -0.15) is 0 Å². The van der Waals surface area contributed by atoms with E-state index in [4.69, 9.17) is 22.7 Å². The van der Waals surface area contributed by atoms with E-state index in [1.54, 1.807) is 0 Å². The summed E-state index contributed by atoms with van der Waals surface area (Å²) in [6, 6.07) is 0. The molecule has 0 aromatic carbocycles. The molecule has 0 unspecified atom stereocenters. The second-order valence-corrected chi connectivity index (χ2v) is 1.98. The smallest absolute Gasteiger partial charge is 0.248 e. The number of nitrogens with one attached hydrogen (secondary N) is 1. The Balaban J connectivity index is 4.03. The molecule has 3 N–H and O–H groups in total. The van der Waals surface area contributed by atoms with Gasteiger partial charge in [0, 0.05) is 5.57 Å². The Morgan fingerprint density at radius 3 is 2.40 bits per heavy atom. The number of hydrogen-bond donors (Lipinski definition) is 2. The quantitative estimate of drug-likeness (QED) is 0.356. The highest BCUT2D eigenvalue weighted by Crippen LogP contribution is 1.92. The SMILES string of the molecule is C=C(/C=C\C(=N)Cl)C(N)=O. The first-order valence-electron chi connectivity index (χ1n) is 2.45. The van der Waals surface area contributed by atoms with Crippen LogP contribution in [-0.4, -0.2) is 11.1 Å². The standard InChI is InChI=1S/C6H7ClN2O/c1-4(6(9)10)2-3-5(7)8/h2-3,8H,1H2,(H2,9,10)/b3-2-,8-5?. The lowest BCUT2D eigenvalue weighted by Gasteiger charge is -1.88. The molecule has 0 aliphatic carbocycles. The lowest BCUT2D eigenvalue weighted by Crippen LogP contribution is -2.11. The molecule has 0 spiro atoms. The number of allylic oxidation sites excluding steroid dienone is 1. The van der Waals surface area contributed by atoms with Crippen LogP contribution in [0.5, 0.6) is 0 Å². The summed E-state index contributed by atoms with van der Waals surface area (Å²) in [4.78, 5) is 10.3. The van der Waals surface area contributed by atoms with Crippen molar-refractivity contribution in [2.45, 2.75) is 0 Å². The van der Waals surface area contributed by atoms with E-state index in [-0.39, 0.29) is 10.7 Å². The fraction of sp³-hybridized carbons (Fsp3) is 0. The second kappa shape index (κ2) is 3.85. The largest absolute Gasteiger partial charge is 0.366 e. The molecule has 54 valence electrons. The summed E-state index contributed by atoms with van der Waals surface area (Å²) in [6.45, 7) is 3.31. The molecule has 0 aliphatic heterocycles. The van der Waals surface area contributed by atoms with Crippen molar-refractivity contribution in [2.75, 3.05) is 0 Å². The second-order valence-electron chi connectivity index (χ2n) is 1.57. The van der Waals surface area contributed by atoms with Gasteiger partial charge >= 0.3 is 0 Å². The average molecular weight is 159 g/mol. The van der Waals surface area contributed by atoms with Gasteiger partial charge in [-0.15, -0.1) is 0 Å². The third-order valence-electron chi connectivity index (χ3n) is 0.747. The molecule has 0 aromatic heterocycles. The number of rotatable bonds is 3. The molecule has 0 atom stereocenters. The van der Waals surface area contributed by atoms with Crippen LogP contribution < -0.4 is 5.73 Å². The van der Waals surface area contributed by atoms with Crippen molar-refractivity contribution in [1.29, 1.82) is 5.41 Å². The van der Waals surface area contributed by atoms with E-state index in [2.05, 4.69) is 6.58 Å². The minimum atomic E-state index is -0.617. The molecular formula is C6H7ClN2O. The molecule has 0 radical (unpaired) electrons. The van der Waals surface area contributed by atoms with Gasteiger partial charge in [-0.3, -0.25) is 10.2 Å². The molecular weight excluding hydrogens is 152 g/mol. The van der Waals surface area contributed by atoms with Crippen molar-refractivity contribution in [3.8, 4) is 0 Å². The number of nitrogens with two attached hydrogens (primary N) is 1. The topological polar surface area (TPSA) is 66.9 Å². The first-order chi connectivity index (χ1) is 4.54. The lowest BCUT2D eigenvalue weighted by atomic mass is 10.3. The van der Waals surface area contributed by atoms with E-state index >= 15 is 0 Å². The average Bonchev–Trinajstić information content (AvgIpc) is 1.82. The zero-order valence-electron chi connectivity index (χ0n) is 5.23. The number of carbonyl (C=O) groups excluding carboxylic acids is 1. The Bertz CT molecular complexity index is 208. The zero-order chi connectivity index (χ0) is 8.15. The van der Waals surface area contributed by atoms with Crippen LogP contribution >= 0.6 is 11.6 Å². The van der Waals surface area contributed by atoms with Crippen LogP contribution in [0.3, 0.4) is 0 Å². The number of carbonyl (C=O) groups is 1. The van der Waals surface area contributed by atoms with Crippen molar-refractivity contribution in [3.63, 3.8) is 0 Å². The van der Waals surface area contributed by atoms with Crippen LogP contribution in [-0.2, 0) is 4.79 Å². The van der Waals surface area contributed by atoms with Gasteiger partial charge in [-0.25, -0.2) is 0 Å². The molecule has 0 aliphatic rings. The Labute approximate surface area is 63.7 Å². The van der Waals surface area contributed by atoms with E-state index in [9.17, 15) is 4.79 Å². The lowest BCUT2D eigenvalue weighted by molar-refractivity contribution is -0.114. The van der Waals surface area contributed by atoms with Crippen LogP contribution in [0.2, 0.25) is 0 Å². The van der Waals surface area contributed by atoms with Gasteiger partial charge in [0.05, 0.1) is 0 Å². The fourth-order valence-electron chi connectivity index (χ4n) is 0.256. The number of amides is 1. The minimum Gasteiger partial charge on any atom is -0.366 e. The maximum atomic E-state index is 10.3. The highest BCUT2D eigenvalue weighted by atomic mass is 35.5. The van der Waals surface area contributed by atoms with E-state index in [0.29, 0.717) is 0 Å². The van der Waals surface area contributed by atoms with E-state index in [1.165, 1.54) is 12.2 Å². The molecule has 0 heterocycles. The molecule has 4 heteroatoms. The van der Waals surface area contributed by atoms with Crippen LogP contribution in [0.4, 0.5) is 0 Å². The Morgan fingerprint density at radius 2 is 2.10 bits per heavy atom. The molecule has 0 saturated carbocycles. The van der Waals surface area contributed by atoms with Crippen molar-refractivity contribution >= 4 is 22.7 Å². The molecule has 10 heavy (non-hydrogen) atoms. The molecule has 0 fully saturated rings. The Morgan fingerprint density at radius 1 is 1.60 bits per heavy atom. The van der Waals surface area contributed by atoms with E-state index in [1.807, 2.05) is 0 Å². The molecule has 0 saturated heterocycles. The van der Waals surface area contributed by atoms with Gasteiger partial charge in [-0.1, -0.05) is 18.2 Å². The number of hydrogen-bond acceptors (Lipinski definition) is 2. The summed E-state index contributed by atoms with van der Waals surface area (Å²) in [5.41, 5.74) is 4.95. The number of halogens is 1. The summed E-state index contributed by atoms with van der Waals surface area (Å²) in [7, 11) is 0. The zero-order valence-corrected chi connectivity index (χ0v) is 5.98. The predicted molar refractivity (Wildman–Crippen MR) is 41.1 cm³/mol. The highest BCUT2D eigenvalue weighted by Gasteiger charge is 1.93. The van der Waals surface area contributed by atoms with E-state index < -0.39 is 5.91 Å². The summed E-state index contributed by atoms with van der Waals surface area (Å²) in [5, 5.41) is 6.55. The van der Waals surface area contributed by atoms with Crippen molar-refractivity contribution in [3.05, 3.63) is 24.3 Å². The molecule has 0 aromatic rings. The van der Waals surface area contributed by atoms with Crippen LogP contribution in [0.25, 0.3) is 0 Å². The summed E-state index contributed by atoms with van der Waals surface area (Å²) >= 11 is 5.13. The number of primary amides is 1. The molecule has 1 amide bonds. The van der Waals surface area contributed by atoms with Crippen molar-refractivity contribution < 1.29 is 4.79 Å². The van der Waals surface area contributed by atoms with Gasteiger partial charge in [0.1, 0.15) is 5.17 Å². The van der Waals surface area contributed by atoms with Gasteiger partial charge in [0.25, 0.3) is 0 Å². The summed E-state index contributed by atoms with van der Waals surface area (Å²) < 4.78 is 0. The first-order valence-corrected chi connectivity index (χ1v) is 2.82. The van der Waals surface area contributed by atoms with Crippen LogP contribution in [0.15, 0.2) is 24.3 Å². The first kappa shape index (κ1) is 8.91. The van der Waals surface area contributed by atoms with Gasteiger partial charge in [-0.05, 0) is 12.2 Å². The van der Waals surface area contributed by atoms with Crippen LogP contribution in [0, 0.1) is 5.41 Å². The van der Waals surface area contributed by atoms with E-state index in [0.717, 1.165) is 0 Å². The molecule has 0 bridgehead atoms. The van der Waals surface area contributed by atoms with Gasteiger partial charge in [0.15, 0.2) is 0 Å².